The summed E-state index contributed by atoms with van der Waals surface area (Å²) in [5.74, 6) is -0.998. The number of rotatable bonds is 3. The van der Waals surface area contributed by atoms with E-state index in [0.29, 0.717) is 12.0 Å². The molecular weight excluding hydrogens is 192 g/mol. The lowest BCUT2D eigenvalue weighted by molar-refractivity contribution is 0.0689. The van der Waals surface area contributed by atoms with E-state index < -0.39 is 5.97 Å². The molecule has 2 N–H and O–H groups in total. The van der Waals surface area contributed by atoms with Crippen molar-refractivity contribution in [3.05, 3.63) is 53.3 Å². The van der Waals surface area contributed by atoms with Gasteiger partial charge in [0.15, 0.2) is 5.69 Å². The molecule has 76 valence electrons. The molecule has 0 saturated carbocycles. The SMILES string of the molecule is O=C(O)c1n[nH]cc1Cc1ccccc1. The van der Waals surface area contributed by atoms with Gasteiger partial charge in [0.25, 0.3) is 0 Å². The van der Waals surface area contributed by atoms with Crippen molar-refractivity contribution in [3.63, 3.8) is 0 Å². The molecule has 0 saturated heterocycles. The van der Waals surface area contributed by atoms with Crippen molar-refractivity contribution in [2.45, 2.75) is 6.42 Å². The molecule has 0 bridgehead atoms. The van der Waals surface area contributed by atoms with Crippen LogP contribution in [0.4, 0.5) is 0 Å². The smallest absolute Gasteiger partial charge is 0.356 e. The molecule has 2 aromatic rings. The van der Waals surface area contributed by atoms with Gasteiger partial charge in [-0.2, -0.15) is 5.10 Å². The molecule has 15 heavy (non-hydrogen) atoms. The second-order valence-electron chi connectivity index (χ2n) is 3.23. The van der Waals surface area contributed by atoms with Crippen LogP contribution in [0.25, 0.3) is 0 Å². The minimum absolute atomic E-state index is 0.0962. The number of H-pyrrole nitrogens is 1. The number of aromatic amines is 1. The van der Waals surface area contributed by atoms with E-state index >= 15 is 0 Å². The first-order valence-electron chi connectivity index (χ1n) is 4.57. The van der Waals surface area contributed by atoms with Gasteiger partial charge >= 0.3 is 5.97 Å². The summed E-state index contributed by atoms with van der Waals surface area (Å²) in [7, 11) is 0. The number of carboxylic acids is 1. The predicted molar refractivity (Wildman–Crippen MR) is 54.8 cm³/mol. The van der Waals surface area contributed by atoms with E-state index in [1.165, 1.54) is 0 Å². The fourth-order valence-electron chi connectivity index (χ4n) is 1.45. The van der Waals surface area contributed by atoms with Crippen LogP contribution in [0.1, 0.15) is 21.6 Å². The zero-order valence-electron chi connectivity index (χ0n) is 7.97. The molecule has 1 aromatic carbocycles. The van der Waals surface area contributed by atoms with Crippen LogP contribution in [0, 0.1) is 0 Å². The van der Waals surface area contributed by atoms with Gasteiger partial charge in [-0.25, -0.2) is 4.79 Å². The minimum atomic E-state index is -0.998. The Morgan fingerprint density at radius 1 is 1.33 bits per heavy atom. The predicted octanol–water partition coefficient (Wildman–Crippen LogP) is 1.70. The second kappa shape index (κ2) is 3.96. The topological polar surface area (TPSA) is 66.0 Å². The molecule has 4 nitrogen and oxygen atoms in total. The third-order valence-electron chi connectivity index (χ3n) is 2.16. The van der Waals surface area contributed by atoms with Gasteiger partial charge in [0.2, 0.25) is 0 Å². The van der Waals surface area contributed by atoms with Crippen molar-refractivity contribution in [2.24, 2.45) is 0 Å². The first kappa shape index (κ1) is 9.45. The minimum Gasteiger partial charge on any atom is -0.476 e. The van der Waals surface area contributed by atoms with E-state index in [1.807, 2.05) is 30.3 Å². The third-order valence-corrected chi connectivity index (χ3v) is 2.16. The number of carbonyl (C=O) groups is 1. The number of nitrogens with one attached hydrogen (secondary N) is 1. The molecule has 0 unspecified atom stereocenters. The molecule has 1 aromatic heterocycles. The quantitative estimate of drug-likeness (QED) is 0.796. The van der Waals surface area contributed by atoms with Crippen molar-refractivity contribution in [1.82, 2.24) is 10.2 Å². The molecule has 4 heteroatoms. The van der Waals surface area contributed by atoms with Gasteiger partial charge in [-0.05, 0) is 5.56 Å². The summed E-state index contributed by atoms with van der Waals surface area (Å²) in [4.78, 5) is 10.8. The van der Waals surface area contributed by atoms with Crippen molar-refractivity contribution in [2.75, 3.05) is 0 Å². The van der Waals surface area contributed by atoms with Gasteiger partial charge in [0.05, 0.1) is 0 Å². The van der Waals surface area contributed by atoms with Gasteiger partial charge in [-0.1, -0.05) is 30.3 Å². The summed E-state index contributed by atoms with van der Waals surface area (Å²) in [6.45, 7) is 0. The molecule has 0 atom stereocenters. The van der Waals surface area contributed by atoms with Crippen molar-refractivity contribution >= 4 is 5.97 Å². The maximum atomic E-state index is 10.8. The maximum absolute atomic E-state index is 10.8. The Bertz CT molecular complexity index is 462. The van der Waals surface area contributed by atoms with Gasteiger partial charge in [-0.3, -0.25) is 5.10 Å². The molecular formula is C11H10N2O2. The number of hydrogen-bond donors (Lipinski definition) is 2. The monoisotopic (exact) mass is 202 g/mol. The van der Waals surface area contributed by atoms with Gasteiger partial charge in [0, 0.05) is 18.2 Å². The van der Waals surface area contributed by atoms with Crippen LogP contribution >= 0.6 is 0 Å². The molecule has 0 aliphatic rings. The standard InChI is InChI=1S/C11H10N2O2/c14-11(15)10-9(7-12-13-10)6-8-4-2-1-3-5-8/h1-5,7H,6H2,(H,12,13)(H,14,15). The highest BCUT2D eigenvalue weighted by atomic mass is 16.4. The van der Waals surface area contributed by atoms with Crippen LogP contribution in [-0.4, -0.2) is 21.3 Å². The van der Waals surface area contributed by atoms with E-state index in [4.69, 9.17) is 5.11 Å². The Kier molecular flexibility index (Phi) is 2.49. The van der Waals surface area contributed by atoms with E-state index in [2.05, 4.69) is 10.2 Å². The molecule has 1 heterocycles. The highest BCUT2D eigenvalue weighted by Gasteiger charge is 2.12. The lowest BCUT2D eigenvalue weighted by atomic mass is 10.1. The summed E-state index contributed by atoms with van der Waals surface area (Å²) in [5.41, 5.74) is 1.87. The Hall–Kier alpha value is -2.10. The number of nitrogens with zero attached hydrogens (tertiary/aromatic N) is 1. The fraction of sp³-hybridized carbons (Fsp3) is 0.0909. The van der Waals surface area contributed by atoms with Gasteiger partial charge in [-0.15, -0.1) is 0 Å². The Balaban J connectivity index is 2.25. The van der Waals surface area contributed by atoms with Crippen LogP contribution in [0.3, 0.4) is 0 Å². The van der Waals surface area contributed by atoms with Crippen molar-refractivity contribution in [3.8, 4) is 0 Å². The molecule has 0 spiro atoms. The normalized spacial score (nSPS) is 10.1. The summed E-state index contributed by atoms with van der Waals surface area (Å²) in [5, 5.41) is 15.1. The number of carboxylic acid groups (broad SMARTS) is 1. The zero-order chi connectivity index (χ0) is 10.7. The van der Waals surface area contributed by atoms with Crippen molar-refractivity contribution in [1.29, 1.82) is 0 Å². The average molecular weight is 202 g/mol. The van der Waals surface area contributed by atoms with E-state index in [1.54, 1.807) is 6.20 Å². The average Bonchev–Trinajstić information content (AvgIpc) is 2.67. The van der Waals surface area contributed by atoms with E-state index in [9.17, 15) is 4.79 Å². The fourth-order valence-corrected chi connectivity index (χ4v) is 1.45. The number of hydrogen-bond acceptors (Lipinski definition) is 2. The van der Waals surface area contributed by atoms with Crippen LogP contribution in [0.15, 0.2) is 36.5 Å². The van der Waals surface area contributed by atoms with E-state index in [-0.39, 0.29) is 5.69 Å². The largest absolute Gasteiger partial charge is 0.476 e. The summed E-state index contributed by atoms with van der Waals surface area (Å²) in [6, 6.07) is 9.69. The molecule has 0 fully saturated rings. The van der Waals surface area contributed by atoms with Crippen LogP contribution in [0.2, 0.25) is 0 Å². The number of aromatic carboxylic acids is 1. The Morgan fingerprint density at radius 2 is 2.07 bits per heavy atom. The zero-order valence-corrected chi connectivity index (χ0v) is 7.97. The van der Waals surface area contributed by atoms with Crippen LogP contribution in [0.5, 0.6) is 0 Å². The lowest BCUT2D eigenvalue weighted by Crippen LogP contribution is -2.01. The summed E-state index contributed by atoms with van der Waals surface area (Å²) in [6.07, 6.45) is 2.20. The summed E-state index contributed by atoms with van der Waals surface area (Å²) < 4.78 is 0. The second-order valence-corrected chi connectivity index (χ2v) is 3.23. The molecule has 0 aliphatic carbocycles. The van der Waals surface area contributed by atoms with Crippen LogP contribution < -0.4 is 0 Å². The van der Waals surface area contributed by atoms with E-state index in [0.717, 1.165) is 5.56 Å². The summed E-state index contributed by atoms with van der Waals surface area (Å²) >= 11 is 0. The number of benzene rings is 1. The Labute approximate surface area is 86.6 Å². The maximum Gasteiger partial charge on any atom is 0.356 e. The van der Waals surface area contributed by atoms with Crippen LogP contribution in [-0.2, 0) is 6.42 Å². The number of aromatic nitrogens is 2. The first-order valence-corrected chi connectivity index (χ1v) is 4.57. The molecule has 2 rings (SSSR count). The van der Waals surface area contributed by atoms with Crippen molar-refractivity contribution < 1.29 is 9.90 Å². The van der Waals surface area contributed by atoms with Gasteiger partial charge < -0.3 is 5.11 Å². The first-order chi connectivity index (χ1) is 7.27. The highest BCUT2D eigenvalue weighted by Crippen LogP contribution is 2.11. The molecule has 0 radical (unpaired) electrons. The molecule has 0 aliphatic heterocycles. The third kappa shape index (κ3) is 2.04. The highest BCUT2D eigenvalue weighted by molar-refractivity contribution is 5.87. The van der Waals surface area contributed by atoms with Gasteiger partial charge in [0.1, 0.15) is 0 Å². The Morgan fingerprint density at radius 3 is 2.73 bits per heavy atom. The lowest BCUT2D eigenvalue weighted by Gasteiger charge is -1.98. The molecule has 0 amide bonds.